The van der Waals surface area contributed by atoms with Crippen molar-refractivity contribution in [3.8, 4) is 6.07 Å². The second-order valence-corrected chi connectivity index (χ2v) is 4.41. The van der Waals surface area contributed by atoms with E-state index in [1.54, 1.807) is 12.1 Å². The Morgan fingerprint density at radius 2 is 1.81 bits per heavy atom. The first-order valence-corrected chi connectivity index (χ1v) is 5.73. The van der Waals surface area contributed by atoms with E-state index in [-0.39, 0.29) is 0 Å². The molecule has 0 atom stereocenters. The van der Waals surface area contributed by atoms with Crippen LogP contribution in [0.5, 0.6) is 0 Å². The van der Waals surface area contributed by atoms with Gasteiger partial charge in [0.25, 0.3) is 0 Å². The molecule has 0 fully saturated rings. The van der Waals surface area contributed by atoms with Crippen LogP contribution in [0.1, 0.15) is 18.4 Å². The highest BCUT2D eigenvalue weighted by Crippen LogP contribution is 2.35. The zero-order valence-corrected chi connectivity index (χ0v) is 10.0. The monoisotopic (exact) mass is 249 g/mol. The molecule has 1 aromatic carbocycles. The smallest absolute Gasteiger partial charge is 0.0954 e. The van der Waals surface area contributed by atoms with Gasteiger partial charge in [-0.2, -0.15) is 5.26 Å². The Morgan fingerprint density at radius 3 is 2.44 bits per heavy atom. The van der Waals surface area contributed by atoms with Crippen molar-refractivity contribution >= 4 is 28.8 Å². The number of halogens is 2. The molecule has 80 valence electrons. The van der Waals surface area contributed by atoms with E-state index in [1.807, 2.05) is 18.2 Å². The number of hydrogen-bond acceptors (Lipinski definition) is 1. The molecule has 0 saturated carbocycles. The summed E-state index contributed by atoms with van der Waals surface area (Å²) in [4.78, 5) is 0. The van der Waals surface area contributed by atoms with Crippen LogP contribution >= 0.6 is 23.2 Å². The first kappa shape index (κ1) is 11.3. The molecule has 16 heavy (non-hydrogen) atoms. The fraction of sp³-hybridized carbons (Fsp3) is 0.154. The minimum atomic E-state index is 0.658. The van der Waals surface area contributed by atoms with E-state index in [9.17, 15) is 0 Å². The van der Waals surface area contributed by atoms with Crippen LogP contribution in [0.25, 0.3) is 5.57 Å². The summed E-state index contributed by atoms with van der Waals surface area (Å²) in [6.45, 7) is 0. The van der Waals surface area contributed by atoms with Gasteiger partial charge in [0.1, 0.15) is 0 Å². The summed E-state index contributed by atoms with van der Waals surface area (Å²) in [6.07, 6.45) is 3.54. The number of allylic oxidation sites excluding steroid dienone is 4. The molecule has 0 saturated heterocycles. The fourth-order valence-corrected chi connectivity index (χ4v) is 2.21. The third-order valence-corrected chi connectivity index (χ3v) is 3.12. The minimum absolute atomic E-state index is 0.658. The van der Waals surface area contributed by atoms with Crippen LogP contribution in [-0.2, 0) is 0 Å². The zero-order valence-electron chi connectivity index (χ0n) is 8.50. The van der Waals surface area contributed by atoms with Gasteiger partial charge in [-0.15, -0.1) is 0 Å². The lowest BCUT2D eigenvalue weighted by molar-refractivity contribution is 0.995. The highest BCUT2D eigenvalue weighted by atomic mass is 35.5. The molecule has 3 heteroatoms. The maximum absolute atomic E-state index is 9.08. The predicted molar refractivity (Wildman–Crippen MR) is 67.2 cm³/mol. The van der Waals surface area contributed by atoms with Gasteiger partial charge in [-0.1, -0.05) is 41.4 Å². The Kier molecular flexibility index (Phi) is 3.33. The van der Waals surface area contributed by atoms with Crippen LogP contribution < -0.4 is 0 Å². The molecule has 0 heterocycles. The Hall–Kier alpha value is -1.23. The number of nitrogens with zero attached hydrogens (tertiary/aromatic N) is 1. The molecular weight excluding hydrogens is 241 g/mol. The second-order valence-electron chi connectivity index (χ2n) is 3.56. The highest BCUT2D eigenvalue weighted by molar-refractivity contribution is 6.37. The molecule has 0 aromatic heterocycles. The number of hydrogen-bond donors (Lipinski definition) is 0. The van der Waals surface area contributed by atoms with Gasteiger partial charge in [-0.25, -0.2) is 0 Å². The summed E-state index contributed by atoms with van der Waals surface area (Å²) in [5.74, 6) is 0. The van der Waals surface area contributed by atoms with E-state index in [0.717, 1.165) is 29.6 Å². The molecule has 1 aliphatic rings. The van der Waals surface area contributed by atoms with Crippen molar-refractivity contribution in [2.75, 3.05) is 0 Å². The first-order valence-electron chi connectivity index (χ1n) is 4.97. The lowest BCUT2D eigenvalue weighted by Gasteiger charge is -2.14. The van der Waals surface area contributed by atoms with Gasteiger partial charge in [-0.3, -0.25) is 0 Å². The summed E-state index contributed by atoms with van der Waals surface area (Å²) in [5.41, 5.74) is 2.53. The maximum atomic E-state index is 9.08. The number of nitriles is 1. The molecule has 0 spiro atoms. The Bertz CT molecular complexity index is 504. The molecular formula is C13H9Cl2N. The zero-order chi connectivity index (χ0) is 11.5. The van der Waals surface area contributed by atoms with Crippen LogP contribution in [0.4, 0.5) is 0 Å². The van der Waals surface area contributed by atoms with Crippen molar-refractivity contribution < 1.29 is 0 Å². The van der Waals surface area contributed by atoms with E-state index in [0.29, 0.717) is 10.1 Å². The number of benzene rings is 1. The van der Waals surface area contributed by atoms with Crippen molar-refractivity contribution in [3.63, 3.8) is 0 Å². The third-order valence-electron chi connectivity index (χ3n) is 2.53. The normalized spacial score (nSPS) is 15.7. The molecule has 0 unspecified atom stereocenters. The van der Waals surface area contributed by atoms with Gasteiger partial charge in [0, 0.05) is 21.2 Å². The van der Waals surface area contributed by atoms with Crippen LogP contribution in [-0.4, -0.2) is 0 Å². The van der Waals surface area contributed by atoms with E-state index in [2.05, 4.69) is 6.07 Å². The molecule has 1 aliphatic carbocycles. The highest BCUT2D eigenvalue weighted by Gasteiger charge is 2.16. The van der Waals surface area contributed by atoms with E-state index >= 15 is 0 Å². The quantitative estimate of drug-likeness (QED) is 0.718. The van der Waals surface area contributed by atoms with Gasteiger partial charge in [0.05, 0.1) is 6.07 Å². The van der Waals surface area contributed by atoms with Crippen molar-refractivity contribution in [1.29, 1.82) is 5.26 Å². The standard InChI is InChI=1S/C13H9Cl2N/c14-11-6-4-9(5-7-11)13-10(8-16)2-1-3-12(13)15/h3-7H,1-2H2. The van der Waals surface area contributed by atoms with Gasteiger partial charge < -0.3 is 0 Å². The molecule has 1 aromatic rings. The Morgan fingerprint density at radius 1 is 1.12 bits per heavy atom. The van der Waals surface area contributed by atoms with Crippen molar-refractivity contribution in [1.82, 2.24) is 0 Å². The van der Waals surface area contributed by atoms with Gasteiger partial charge >= 0.3 is 0 Å². The van der Waals surface area contributed by atoms with Crippen LogP contribution in [0.15, 0.2) is 40.9 Å². The maximum Gasteiger partial charge on any atom is 0.0954 e. The third kappa shape index (κ3) is 2.14. The average molecular weight is 250 g/mol. The summed E-state index contributed by atoms with van der Waals surface area (Å²) in [7, 11) is 0. The number of rotatable bonds is 1. The van der Waals surface area contributed by atoms with Crippen molar-refractivity contribution in [2.45, 2.75) is 12.8 Å². The molecule has 0 bridgehead atoms. The Balaban J connectivity index is 2.53. The molecule has 0 aliphatic heterocycles. The van der Waals surface area contributed by atoms with Gasteiger partial charge in [0.15, 0.2) is 0 Å². The lowest BCUT2D eigenvalue weighted by atomic mass is 9.93. The second kappa shape index (κ2) is 4.74. The minimum Gasteiger partial charge on any atom is -0.193 e. The van der Waals surface area contributed by atoms with Crippen LogP contribution in [0, 0.1) is 11.3 Å². The Labute approximate surface area is 105 Å². The predicted octanol–water partition coefficient (Wildman–Crippen LogP) is 4.53. The van der Waals surface area contributed by atoms with E-state index in [4.69, 9.17) is 28.5 Å². The first-order chi connectivity index (χ1) is 7.72. The lowest BCUT2D eigenvalue weighted by Crippen LogP contribution is -1.96. The van der Waals surface area contributed by atoms with Gasteiger partial charge in [0.2, 0.25) is 0 Å². The molecule has 0 amide bonds. The molecule has 2 rings (SSSR count). The van der Waals surface area contributed by atoms with E-state index in [1.165, 1.54) is 0 Å². The summed E-state index contributed by atoms with van der Waals surface area (Å²) in [6, 6.07) is 9.60. The van der Waals surface area contributed by atoms with Crippen molar-refractivity contribution in [3.05, 3.63) is 51.5 Å². The van der Waals surface area contributed by atoms with Gasteiger partial charge in [-0.05, 0) is 30.5 Å². The fourth-order valence-electron chi connectivity index (χ4n) is 1.75. The topological polar surface area (TPSA) is 23.8 Å². The average Bonchev–Trinajstić information content (AvgIpc) is 2.30. The van der Waals surface area contributed by atoms with Crippen LogP contribution in [0.2, 0.25) is 5.02 Å². The van der Waals surface area contributed by atoms with Crippen molar-refractivity contribution in [2.24, 2.45) is 0 Å². The molecule has 0 N–H and O–H groups in total. The SMILES string of the molecule is N#CC1=C(c2ccc(Cl)cc2)C(Cl)=CCC1. The van der Waals surface area contributed by atoms with E-state index < -0.39 is 0 Å². The largest absolute Gasteiger partial charge is 0.193 e. The summed E-state index contributed by atoms with van der Waals surface area (Å²) in [5, 5.41) is 10.4. The summed E-state index contributed by atoms with van der Waals surface area (Å²) >= 11 is 12.0. The summed E-state index contributed by atoms with van der Waals surface area (Å²) < 4.78 is 0. The van der Waals surface area contributed by atoms with Crippen LogP contribution in [0.3, 0.4) is 0 Å². The molecule has 0 radical (unpaired) electrons. The molecule has 1 nitrogen and oxygen atoms in total.